The van der Waals surface area contributed by atoms with Gasteiger partial charge in [-0.1, -0.05) is 0 Å². The Morgan fingerprint density at radius 2 is 1.88 bits per heavy atom. The molecule has 0 aromatic heterocycles. The third kappa shape index (κ3) is 2.52. The summed E-state index contributed by atoms with van der Waals surface area (Å²) in [6, 6.07) is 1.31. The molecule has 0 spiro atoms. The molecule has 1 aromatic rings. The molecule has 0 aliphatic heterocycles. The van der Waals surface area contributed by atoms with Crippen molar-refractivity contribution in [2.75, 3.05) is 0 Å². The highest BCUT2D eigenvalue weighted by molar-refractivity contribution is 7.85. The third-order valence-corrected chi connectivity index (χ3v) is 2.41. The maximum absolute atomic E-state index is 13.1. The van der Waals surface area contributed by atoms with Gasteiger partial charge in [0.2, 0.25) is 5.82 Å². The van der Waals surface area contributed by atoms with E-state index >= 15 is 0 Å². The van der Waals surface area contributed by atoms with Gasteiger partial charge >= 0.3 is 5.97 Å². The van der Waals surface area contributed by atoms with E-state index in [4.69, 9.17) is 4.55 Å². The first-order valence-corrected chi connectivity index (χ1v) is 5.31. The van der Waals surface area contributed by atoms with E-state index in [-0.39, 0.29) is 0 Å². The van der Waals surface area contributed by atoms with Crippen molar-refractivity contribution in [1.82, 2.24) is 0 Å². The lowest BCUT2D eigenvalue weighted by Crippen LogP contribution is -2.08. The molecular weight excluding hydrogens is 246 g/mol. The average molecular weight is 252 g/mol. The Hall–Kier alpha value is -1.54. The predicted octanol–water partition coefficient (Wildman–Crippen LogP) is 1.14. The molecule has 0 unspecified atom stereocenters. The number of benzene rings is 1. The van der Waals surface area contributed by atoms with Crippen LogP contribution in [-0.4, -0.2) is 18.9 Å². The Morgan fingerprint density at radius 1 is 1.31 bits per heavy atom. The van der Waals surface area contributed by atoms with Crippen molar-refractivity contribution >= 4 is 16.1 Å². The lowest BCUT2D eigenvalue weighted by atomic mass is 10.3. The summed E-state index contributed by atoms with van der Waals surface area (Å²) in [6.45, 7) is 0.966. The first-order chi connectivity index (χ1) is 7.23. The fourth-order valence-electron chi connectivity index (χ4n) is 0.947. The highest BCUT2D eigenvalue weighted by Gasteiger charge is 2.22. The van der Waals surface area contributed by atoms with Crippen LogP contribution in [0.1, 0.15) is 6.92 Å². The van der Waals surface area contributed by atoms with E-state index in [1.165, 1.54) is 0 Å². The largest absolute Gasteiger partial charge is 0.423 e. The fourth-order valence-corrected chi connectivity index (χ4v) is 1.50. The molecule has 0 amide bonds. The molecular formula is C8H6F2O5S. The highest BCUT2D eigenvalue weighted by Crippen LogP contribution is 2.25. The van der Waals surface area contributed by atoms with Gasteiger partial charge in [0.1, 0.15) is 4.90 Å². The van der Waals surface area contributed by atoms with Crippen LogP contribution in [0.2, 0.25) is 0 Å². The van der Waals surface area contributed by atoms with Crippen LogP contribution in [0.4, 0.5) is 8.78 Å². The van der Waals surface area contributed by atoms with Crippen LogP contribution < -0.4 is 4.74 Å². The molecule has 0 saturated heterocycles. The topological polar surface area (TPSA) is 80.7 Å². The van der Waals surface area contributed by atoms with Gasteiger partial charge in [0.05, 0.1) is 0 Å². The highest BCUT2D eigenvalue weighted by atomic mass is 32.2. The summed E-state index contributed by atoms with van der Waals surface area (Å²) in [5.41, 5.74) is 0. The smallest absolute Gasteiger partial charge is 0.308 e. The van der Waals surface area contributed by atoms with Gasteiger partial charge in [0, 0.05) is 6.92 Å². The van der Waals surface area contributed by atoms with Gasteiger partial charge in [0.25, 0.3) is 10.1 Å². The van der Waals surface area contributed by atoms with Gasteiger partial charge in [-0.15, -0.1) is 0 Å². The zero-order valence-electron chi connectivity index (χ0n) is 7.90. The first kappa shape index (κ1) is 12.5. The Bertz CT molecular complexity index is 538. The Balaban J connectivity index is 3.35. The van der Waals surface area contributed by atoms with Crippen LogP contribution in [0.5, 0.6) is 5.75 Å². The molecule has 1 N–H and O–H groups in total. The quantitative estimate of drug-likeness (QED) is 0.485. The maximum Gasteiger partial charge on any atom is 0.308 e. The number of hydrogen-bond acceptors (Lipinski definition) is 4. The minimum Gasteiger partial charge on any atom is -0.423 e. The van der Waals surface area contributed by atoms with E-state index in [0.29, 0.717) is 6.07 Å². The van der Waals surface area contributed by atoms with Crippen LogP contribution in [0, 0.1) is 11.6 Å². The third-order valence-electron chi connectivity index (χ3n) is 1.54. The second kappa shape index (κ2) is 4.14. The molecule has 0 aliphatic carbocycles. The monoisotopic (exact) mass is 252 g/mol. The van der Waals surface area contributed by atoms with E-state index in [1.807, 2.05) is 0 Å². The van der Waals surface area contributed by atoms with Gasteiger partial charge < -0.3 is 4.74 Å². The SMILES string of the molecule is CC(=O)Oc1ccc(S(=O)(=O)O)c(F)c1F. The molecule has 16 heavy (non-hydrogen) atoms. The standard InChI is InChI=1S/C8H6F2O5S/c1-4(11)15-5-2-3-6(16(12,13)14)8(10)7(5)9/h2-3H,1H3,(H,12,13,14). The van der Waals surface area contributed by atoms with Crippen LogP contribution in [0.25, 0.3) is 0 Å². The molecule has 1 aromatic carbocycles. The summed E-state index contributed by atoms with van der Waals surface area (Å²) in [5, 5.41) is 0. The van der Waals surface area contributed by atoms with E-state index in [2.05, 4.69) is 4.74 Å². The van der Waals surface area contributed by atoms with E-state index in [0.717, 1.165) is 13.0 Å². The van der Waals surface area contributed by atoms with Gasteiger partial charge in [-0.05, 0) is 12.1 Å². The zero-order valence-corrected chi connectivity index (χ0v) is 8.72. The molecule has 0 bridgehead atoms. The van der Waals surface area contributed by atoms with Crippen molar-refractivity contribution in [3.05, 3.63) is 23.8 Å². The molecule has 5 nitrogen and oxygen atoms in total. The lowest BCUT2D eigenvalue weighted by Gasteiger charge is -2.05. The maximum atomic E-state index is 13.1. The van der Waals surface area contributed by atoms with Gasteiger partial charge in [-0.2, -0.15) is 12.8 Å². The van der Waals surface area contributed by atoms with Crippen molar-refractivity contribution in [2.45, 2.75) is 11.8 Å². The average Bonchev–Trinajstić information content (AvgIpc) is 2.10. The minimum absolute atomic E-state index is 0.589. The molecule has 0 aliphatic rings. The van der Waals surface area contributed by atoms with Crippen molar-refractivity contribution in [1.29, 1.82) is 0 Å². The number of carbonyl (C=O) groups is 1. The molecule has 0 fully saturated rings. The molecule has 0 radical (unpaired) electrons. The summed E-state index contributed by atoms with van der Waals surface area (Å²) in [4.78, 5) is 9.26. The molecule has 0 atom stereocenters. The van der Waals surface area contributed by atoms with Crippen LogP contribution >= 0.6 is 0 Å². The summed E-state index contributed by atoms with van der Waals surface area (Å²) in [5.74, 6) is -5.11. The Morgan fingerprint density at radius 3 is 2.31 bits per heavy atom. The van der Waals surface area contributed by atoms with E-state index in [1.54, 1.807) is 0 Å². The number of halogens is 2. The van der Waals surface area contributed by atoms with Crippen molar-refractivity contribution < 1.29 is 31.3 Å². The second-order valence-corrected chi connectivity index (χ2v) is 4.15. The Labute approximate surface area is 89.4 Å². The number of hydrogen-bond donors (Lipinski definition) is 1. The summed E-state index contributed by atoms with van der Waals surface area (Å²) in [7, 11) is -4.86. The van der Waals surface area contributed by atoms with Gasteiger partial charge in [-0.3, -0.25) is 9.35 Å². The predicted molar refractivity (Wildman–Crippen MR) is 47.5 cm³/mol. The second-order valence-electron chi connectivity index (χ2n) is 2.76. The van der Waals surface area contributed by atoms with E-state index in [9.17, 15) is 22.0 Å². The lowest BCUT2D eigenvalue weighted by molar-refractivity contribution is -0.132. The molecule has 0 heterocycles. The molecule has 88 valence electrons. The summed E-state index contributed by atoms with van der Waals surface area (Å²) < 4.78 is 60.2. The van der Waals surface area contributed by atoms with Crippen LogP contribution in [0.3, 0.4) is 0 Å². The molecule has 1 rings (SSSR count). The number of rotatable bonds is 2. The van der Waals surface area contributed by atoms with Crippen molar-refractivity contribution in [3.63, 3.8) is 0 Å². The van der Waals surface area contributed by atoms with Crippen molar-refractivity contribution in [3.8, 4) is 5.75 Å². The molecule has 8 heteroatoms. The van der Waals surface area contributed by atoms with Crippen molar-refractivity contribution in [2.24, 2.45) is 0 Å². The van der Waals surface area contributed by atoms with Crippen LogP contribution in [-0.2, 0) is 14.9 Å². The van der Waals surface area contributed by atoms with Gasteiger partial charge in [0.15, 0.2) is 11.6 Å². The summed E-state index contributed by atoms with van der Waals surface area (Å²) in [6.07, 6.45) is 0. The van der Waals surface area contributed by atoms with Gasteiger partial charge in [-0.25, -0.2) is 4.39 Å². The normalized spacial score (nSPS) is 11.2. The summed E-state index contributed by atoms with van der Waals surface area (Å²) >= 11 is 0. The number of esters is 1. The van der Waals surface area contributed by atoms with Crippen LogP contribution in [0.15, 0.2) is 17.0 Å². The number of ether oxygens (including phenoxy) is 1. The molecule has 0 saturated carbocycles. The zero-order chi connectivity index (χ0) is 12.5. The Kier molecular flexibility index (Phi) is 3.24. The minimum atomic E-state index is -4.86. The first-order valence-electron chi connectivity index (χ1n) is 3.87. The number of carbonyl (C=O) groups excluding carboxylic acids is 1. The van der Waals surface area contributed by atoms with E-state index < -0.39 is 38.4 Å². The fraction of sp³-hybridized carbons (Fsp3) is 0.125.